The minimum absolute atomic E-state index is 0.150. The number of amides is 2. The predicted octanol–water partition coefficient (Wildman–Crippen LogP) is 4.03. The summed E-state index contributed by atoms with van der Waals surface area (Å²) in [6, 6.07) is 15.3. The van der Waals surface area contributed by atoms with E-state index in [-0.39, 0.29) is 18.2 Å². The molecule has 2 heterocycles. The Balaban J connectivity index is 1.57. The molecule has 0 aliphatic carbocycles. The van der Waals surface area contributed by atoms with E-state index in [2.05, 4.69) is 4.98 Å². The fourth-order valence-electron chi connectivity index (χ4n) is 2.68. The summed E-state index contributed by atoms with van der Waals surface area (Å²) in [5.41, 5.74) is 2.67. The van der Waals surface area contributed by atoms with Gasteiger partial charge in [0.15, 0.2) is 4.34 Å². The van der Waals surface area contributed by atoms with E-state index in [0.29, 0.717) is 5.69 Å². The number of nitrogens with zero attached hydrogens (tertiary/aromatic N) is 2. The molecule has 24 heavy (non-hydrogen) atoms. The molecule has 4 nitrogen and oxygen atoms in total. The van der Waals surface area contributed by atoms with Gasteiger partial charge in [0.1, 0.15) is 5.25 Å². The lowest BCUT2D eigenvalue weighted by molar-refractivity contribution is -0.121. The number of benzene rings is 2. The molecule has 1 aliphatic rings. The molecule has 0 N–H and O–H groups in total. The van der Waals surface area contributed by atoms with E-state index in [0.717, 1.165) is 20.1 Å². The van der Waals surface area contributed by atoms with Crippen LogP contribution in [-0.2, 0) is 9.59 Å². The Labute approximate surface area is 147 Å². The predicted molar refractivity (Wildman–Crippen MR) is 97.6 cm³/mol. The molecule has 0 unspecified atom stereocenters. The maximum absolute atomic E-state index is 12.7. The van der Waals surface area contributed by atoms with Gasteiger partial charge in [-0.25, -0.2) is 9.88 Å². The molecule has 120 valence electrons. The number of aryl methyl sites for hydroxylation is 1. The molecule has 1 saturated heterocycles. The van der Waals surface area contributed by atoms with Gasteiger partial charge in [-0.05, 0) is 31.2 Å². The Morgan fingerprint density at radius 3 is 2.62 bits per heavy atom. The molecule has 0 bridgehead atoms. The molecule has 1 aliphatic heterocycles. The molecule has 1 aromatic heterocycles. The fraction of sp³-hybridized carbons (Fsp3) is 0.167. The maximum atomic E-state index is 12.7. The molecule has 6 heteroatoms. The van der Waals surface area contributed by atoms with E-state index in [1.165, 1.54) is 16.7 Å². The van der Waals surface area contributed by atoms with Gasteiger partial charge >= 0.3 is 0 Å². The number of fused-ring (bicyclic) bond motifs is 1. The average molecular weight is 354 g/mol. The summed E-state index contributed by atoms with van der Waals surface area (Å²) in [6.07, 6.45) is 0.216. The van der Waals surface area contributed by atoms with E-state index in [9.17, 15) is 9.59 Å². The quantitative estimate of drug-likeness (QED) is 0.667. The van der Waals surface area contributed by atoms with Crippen LogP contribution in [0, 0.1) is 6.92 Å². The van der Waals surface area contributed by atoms with Crippen LogP contribution < -0.4 is 4.90 Å². The summed E-state index contributed by atoms with van der Waals surface area (Å²) in [5.74, 6) is -0.310. The second-order valence-electron chi connectivity index (χ2n) is 5.66. The largest absolute Gasteiger partial charge is 0.274 e. The van der Waals surface area contributed by atoms with Crippen LogP contribution in [-0.4, -0.2) is 22.0 Å². The minimum Gasteiger partial charge on any atom is -0.274 e. The van der Waals surface area contributed by atoms with Crippen LogP contribution in [0.2, 0.25) is 0 Å². The van der Waals surface area contributed by atoms with Crippen LogP contribution >= 0.6 is 23.1 Å². The zero-order valence-corrected chi connectivity index (χ0v) is 14.6. The van der Waals surface area contributed by atoms with Gasteiger partial charge in [-0.2, -0.15) is 0 Å². The van der Waals surface area contributed by atoms with Crippen molar-refractivity contribution in [3.05, 3.63) is 54.1 Å². The van der Waals surface area contributed by atoms with E-state index < -0.39 is 5.25 Å². The van der Waals surface area contributed by atoms with Crippen molar-refractivity contribution in [3.63, 3.8) is 0 Å². The number of imide groups is 1. The summed E-state index contributed by atoms with van der Waals surface area (Å²) in [4.78, 5) is 30.8. The van der Waals surface area contributed by atoms with Gasteiger partial charge in [-0.1, -0.05) is 41.6 Å². The number of hydrogen-bond donors (Lipinski definition) is 0. The zero-order valence-electron chi connectivity index (χ0n) is 12.9. The molecule has 3 aromatic rings. The number of aromatic nitrogens is 1. The number of thioether (sulfide) groups is 1. The van der Waals surface area contributed by atoms with Crippen LogP contribution in [0.15, 0.2) is 52.9 Å². The smallest absolute Gasteiger partial charge is 0.247 e. The summed E-state index contributed by atoms with van der Waals surface area (Å²) in [5, 5.41) is -0.403. The van der Waals surface area contributed by atoms with Crippen LogP contribution in [0.5, 0.6) is 0 Å². The van der Waals surface area contributed by atoms with Crippen molar-refractivity contribution in [2.45, 2.75) is 22.9 Å². The van der Waals surface area contributed by atoms with E-state index in [1.807, 2.05) is 55.5 Å². The second kappa shape index (κ2) is 6.03. The summed E-state index contributed by atoms with van der Waals surface area (Å²) >= 11 is 2.94. The standard InChI is InChI=1S/C18H14N2O2S2/c1-11-6-8-12(9-7-11)20-16(21)10-15(17(20)22)24-18-19-13-4-2-3-5-14(13)23-18/h2-9,15H,10H2,1H3/t15-/m1/s1. The Morgan fingerprint density at radius 1 is 1.12 bits per heavy atom. The first-order valence-corrected chi connectivity index (χ1v) is 9.27. The molecule has 0 saturated carbocycles. The Hall–Kier alpha value is -2.18. The highest BCUT2D eigenvalue weighted by Gasteiger charge is 2.40. The third kappa shape index (κ3) is 2.72. The van der Waals surface area contributed by atoms with Crippen molar-refractivity contribution in [1.82, 2.24) is 4.98 Å². The lowest BCUT2D eigenvalue weighted by Gasteiger charge is -2.14. The number of thiazole rings is 1. The molecule has 2 amide bonds. The first-order valence-electron chi connectivity index (χ1n) is 7.57. The van der Waals surface area contributed by atoms with Gasteiger partial charge in [-0.15, -0.1) is 11.3 Å². The van der Waals surface area contributed by atoms with Crippen molar-refractivity contribution >= 4 is 50.8 Å². The molecule has 2 aromatic carbocycles. The number of rotatable bonds is 3. The van der Waals surface area contributed by atoms with Gasteiger partial charge in [-0.3, -0.25) is 9.59 Å². The zero-order chi connectivity index (χ0) is 16.7. The molecule has 0 spiro atoms. The normalized spacial score (nSPS) is 17.9. The molecular formula is C18H14N2O2S2. The summed E-state index contributed by atoms with van der Waals surface area (Å²) < 4.78 is 1.92. The summed E-state index contributed by atoms with van der Waals surface area (Å²) in [7, 11) is 0. The van der Waals surface area contributed by atoms with Gasteiger partial charge in [0.2, 0.25) is 11.8 Å². The SMILES string of the molecule is Cc1ccc(N2C(=O)C[C@@H](Sc3nc4ccccc4s3)C2=O)cc1. The Kier molecular flexibility index (Phi) is 3.86. The van der Waals surface area contributed by atoms with Crippen LogP contribution in [0.4, 0.5) is 5.69 Å². The third-order valence-electron chi connectivity index (χ3n) is 3.91. The van der Waals surface area contributed by atoms with E-state index in [4.69, 9.17) is 0 Å². The topological polar surface area (TPSA) is 50.3 Å². The van der Waals surface area contributed by atoms with Gasteiger partial charge in [0.25, 0.3) is 0 Å². The minimum atomic E-state index is -0.403. The lowest BCUT2D eigenvalue weighted by Crippen LogP contribution is -2.31. The van der Waals surface area contributed by atoms with Crippen molar-refractivity contribution in [2.75, 3.05) is 4.90 Å². The van der Waals surface area contributed by atoms with Crippen molar-refractivity contribution in [1.29, 1.82) is 0 Å². The van der Waals surface area contributed by atoms with Crippen LogP contribution in [0.25, 0.3) is 10.2 Å². The fourth-order valence-corrected chi connectivity index (χ4v) is 5.02. The van der Waals surface area contributed by atoms with Gasteiger partial charge in [0, 0.05) is 6.42 Å². The molecule has 1 fully saturated rings. The van der Waals surface area contributed by atoms with Gasteiger partial charge in [0.05, 0.1) is 15.9 Å². The number of hydrogen-bond acceptors (Lipinski definition) is 5. The van der Waals surface area contributed by atoms with E-state index >= 15 is 0 Å². The number of carbonyl (C=O) groups excluding carboxylic acids is 2. The molecule has 0 radical (unpaired) electrons. The number of para-hydroxylation sites is 1. The average Bonchev–Trinajstić information content (AvgIpc) is 3.09. The second-order valence-corrected chi connectivity index (χ2v) is 8.14. The van der Waals surface area contributed by atoms with E-state index in [1.54, 1.807) is 11.3 Å². The highest BCUT2D eigenvalue weighted by atomic mass is 32.2. The molecular weight excluding hydrogens is 340 g/mol. The highest BCUT2D eigenvalue weighted by Crippen LogP contribution is 2.37. The monoisotopic (exact) mass is 354 g/mol. The molecule has 1 atom stereocenters. The third-order valence-corrected chi connectivity index (χ3v) is 6.23. The number of carbonyl (C=O) groups is 2. The van der Waals surface area contributed by atoms with Crippen molar-refractivity contribution in [2.24, 2.45) is 0 Å². The highest BCUT2D eigenvalue weighted by molar-refractivity contribution is 8.02. The van der Waals surface area contributed by atoms with Gasteiger partial charge < -0.3 is 0 Å². The Morgan fingerprint density at radius 2 is 1.88 bits per heavy atom. The Bertz CT molecular complexity index is 901. The summed E-state index contributed by atoms with van der Waals surface area (Å²) in [6.45, 7) is 1.98. The molecule has 4 rings (SSSR count). The number of anilines is 1. The first kappa shape index (κ1) is 15.4. The van der Waals surface area contributed by atoms with Crippen LogP contribution in [0.1, 0.15) is 12.0 Å². The van der Waals surface area contributed by atoms with Crippen LogP contribution in [0.3, 0.4) is 0 Å². The maximum Gasteiger partial charge on any atom is 0.247 e. The lowest BCUT2D eigenvalue weighted by atomic mass is 10.2. The van der Waals surface area contributed by atoms with Crippen molar-refractivity contribution < 1.29 is 9.59 Å². The van der Waals surface area contributed by atoms with Crippen molar-refractivity contribution in [3.8, 4) is 0 Å². The first-order chi connectivity index (χ1) is 11.6.